The zero-order chi connectivity index (χ0) is 11.2. The molecule has 0 amide bonds. The summed E-state index contributed by atoms with van der Waals surface area (Å²) in [7, 11) is 0. The van der Waals surface area contributed by atoms with Gasteiger partial charge in [-0.1, -0.05) is 32.1 Å². The lowest BCUT2D eigenvalue weighted by molar-refractivity contribution is 0.0461. The molecular formula is C14H24O2. The van der Waals surface area contributed by atoms with Crippen molar-refractivity contribution in [1.29, 1.82) is 0 Å². The van der Waals surface area contributed by atoms with Gasteiger partial charge in [-0.3, -0.25) is 0 Å². The van der Waals surface area contributed by atoms with Crippen LogP contribution < -0.4 is 0 Å². The third kappa shape index (κ3) is 3.24. The highest BCUT2D eigenvalue weighted by Crippen LogP contribution is 2.29. The maximum atomic E-state index is 10.3. The van der Waals surface area contributed by atoms with Crippen molar-refractivity contribution < 1.29 is 9.84 Å². The quantitative estimate of drug-likeness (QED) is 0.779. The van der Waals surface area contributed by atoms with E-state index in [-0.39, 0.29) is 6.10 Å². The number of rotatable bonds is 2. The van der Waals surface area contributed by atoms with Gasteiger partial charge in [0.25, 0.3) is 0 Å². The second kappa shape index (κ2) is 6.29. The van der Waals surface area contributed by atoms with Crippen LogP contribution in [0.1, 0.15) is 57.8 Å². The lowest BCUT2D eigenvalue weighted by Gasteiger charge is -2.28. The van der Waals surface area contributed by atoms with E-state index in [1.54, 1.807) is 0 Å². The fraction of sp³-hybridized carbons (Fsp3) is 0.857. The maximum Gasteiger partial charge on any atom is 0.121 e. The number of aliphatic hydroxyl groups is 1. The average molecular weight is 224 g/mol. The molecule has 0 aromatic heterocycles. The smallest absolute Gasteiger partial charge is 0.121 e. The van der Waals surface area contributed by atoms with E-state index >= 15 is 0 Å². The molecule has 1 unspecified atom stereocenters. The summed E-state index contributed by atoms with van der Waals surface area (Å²) >= 11 is 0. The van der Waals surface area contributed by atoms with E-state index in [9.17, 15) is 5.11 Å². The lowest BCUT2D eigenvalue weighted by Crippen LogP contribution is -2.26. The first kappa shape index (κ1) is 12.0. The SMILES string of the molecule is OC(C1=CCCCO1)C1CCCCCCC1. The molecule has 1 aliphatic carbocycles. The normalized spacial score (nSPS) is 26.2. The van der Waals surface area contributed by atoms with Crippen molar-refractivity contribution in [3.8, 4) is 0 Å². The van der Waals surface area contributed by atoms with Crippen molar-refractivity contribution in [2.45, 2.75) is 63.9 Å². The summed E-state index contributed by atoms with van der Waals surface area (Å²) in [5.74, 6) is 1.29. The molecule has 16 heavy (non-hydrogen) atoms. The zero-order valence-electron chi connectivity index (χ0n) is 10.2. The maximum absolute atomic E-state index is 10.3. The van der Waals surface area contributed by atoms with Crippen molar-refractivity contribution >= 4 is 0 Å². The Bertz CT molecular complexity index is 227. The lowest BCUT2D eigenvalue weighted by atomic mass is 9.86. The zero-order valence-corrected chi connectivity index (χ0v) is 10.2. The minimum Gasteiger partial charge on any atom is -0.495 e. The predicted octanol–water partition coefficient (Wildman–Crippen LogP) is 3.40. The van der Waals surface area contributed by atoms with Crippen LogP contribution in [0.4, 0.5) is 0 Å². The fourth-order valence-corrected chi connectivity index (χ4v) is 2.82. The van der Waals surface area contributed by atoms with Crippen molar-refractivity contribution in [3.05, 3.63) is 11.8 Å². The van der Waals surface area contributed by atoms with E-state index in [0.717, 1.165) is 25.2 Å². The predicted molar refractivity (Wildman–Crippen MR) is 65.1 cm³/mol. The second-order valence-corrected chi connectivity index (χ2v) is 5.15. The van der Waals surface area contributed by atoms with Crippen LogP contribution in [0.5, 0.6) is 0 Å². The molecule has 2 aliphatic rings. The van der Waals surface area contributed by atoms with Crippen LogP contribution in [0.3, 0.4) is 0 Å². The van der Waals surface area contributed by atoms with Gasteiger partial charge in [0.2, 0.25) is 0 Å². The van der Waals surface area contributed by atoms with Gasteiger partial charge in [0.05, 0.1) is 6.61 Å². The van der Waals surface area contributed by atoms with Crippen LogP contribution >= 0.6 is 0 Å². The number of hydrogen-bond acceptors (Lipinski definition) is 2. The van der Waals surface area contributed by atoms with Crippen LogP contribution in [-0.4, -0.2) is 17.8 Å². The molecule has 0 saturated heterocycles. The standard InChI is InChI=1S/C14H24O2/c15-14(13-10-6-7-11-16-13)12-8-4-2-1-3-5-9-12/h10,12,14-15H,1-9,11H2. The molecule has 0 bridgehead atoms. The van der Waals surface area contributed by atoms with Gasteiger partial charge in [0, 0.05) is 0 Å². The molecule has 1 heterocycles. The van der Waals surface area contributed by atoms with Gasteiger partial charge in [-0.2, -0.15) is 0 Å². The molecule has 1 aliphatic heterocycles. The summed E-state index contributed by atoms with van der Waals surface area (Å²) in [6.45, 7) is 0.787. The van der Waals surface area contributed by atoms with E-state index in [0.29, 0.717) is 5.92 Å². The number of hydrogen-bond donors (Lipinski definition) is 1. The Morgan fingerprint density at radius 1 is 1.06 bits per heavy atom. The second-order valence-electron chi connectivity index (χ2n) is 5.15. The first-order valence-electron chi connectivity index (χ1n) is 6.89. The largest absolute Gasteiger partial charge is 0.495 e. The summed E-state index contributed by atoms with van der Waals surface area (Å²) in [6.07, 6.45) is 12.9. The molecule has 1 fully saturated rings. The van der Waals surface area contributed by atoms with E-state index in [1.807, 2.05) is 0 Å². The Balaban J connectivity index is 1.90. The topological polar surface area (TPSA) is 29.5 Å². The summed E-state index contributed by atoms with van der Waals surface area (Å²) in [6, 6.07) is 0. The molecular weight excluding hydrogens is 200 g/mol. The van der Waals surface area contributed by atoms with Crippen molar-refractivity contribution in [2.24, 2.45) is 5.92 Å². The minimum atomic E-state index is -0.335. The van der Waals surface area contributed by atoms with E-state index in [2.05, 4.69) is 6.08 Å². The van der Waals surface area contributed by atoms with Crippen LogP contribution in [-0.2, 0) is 4.74 Å². The Morgan fingerprint density at radius 3 is 2.38 bits per heavy atom. The van der Waals surface area contributed by atoms with Crippen molar-refractivity contribution in [2.75, 3.05) is 6.61 Å². The van der Waals surface area contributed by atoms with Crippen molar-refractivity contribution in [1.82, 2.24) is 0 Å². The Morgan fingerprint density at radius 2 is 1.75 bits per heavy atom. The molecule has 0 aromatic rings. The van der Waals surface area contributed by atoms with Gasteiger partial charge in [-0.05, 0) is 37.7 Å². The molecule has 1 N–H and O–H groups in total. The summed E-state index contributed by atoms with van der Waals surface area (Å²) in [5.41, 5.74) is 0. The van der Waals surface area contributed by atoms with Crippen molar-refractivity contribution in [3.63, 3.8) is 0 Å². The highest BCUT2D eigenvalue weighted by atomic mass is 16.5. The van der Waals surface area contributed by atoms with Crippen LogP contribution in [0.15, 0.2) is 11.8 Å². The van der Waals surface area contributed by atoms with E-state index in [4.69, 9.17) is 4.74 Å². The molecule has 0 aromatic carbocycles. The molecule has 92 valence electrons. The van der Waals surface area contributed by atoms with Gasteiger partial charge in [-0.25, -0.2) is 0 Å². The molecule has 2 rings (SSSR count). The Kier molecular flexibility index (Phi) is 4.70. The highest BCUT2D eigenvalue weighted by molar-refractivity contribution is 5.04. The summed E-state index contributed by atoms with van der Waals surface area (Å²) < 4.78 is 5.58. The van der Waals surface area contributed by atoms with E-state index in [1.165, 1.54) is 44.9 Å². The molecule has 2 heteroatoms. The average Bonchev–Trinajstić information content (AvgIpc) is 2.29. The molecule has 0 radical (unpaired) electrons. The summed E-state index contributed by atoms with van der Waals surface area (Å²) in [5, 5.41) is 10.3. The molecule has 1 atom stereocenters. The van der Waals surface area contributed by atoms with Gasteiger partial charge in [-0.15, -0.1) is 0 Å². The van der Waals surface area contributed by atoms with Gasteiger partial charge in [0.1, 0.15) is 11.9 Å². The number of allylic oxidation sites excluding steroid dienone is 1. The number of ether oxygens (including phenoxy) is 1. The van der Waals surface area contributed by atoms with Crippen LogP contribution in [0.25, 0.3) is 0 Å². The number of aliphatic hydroxyl groups excluding tert-OH is 1. The highest BCUT2D eigenvalue weighted by Gasteiger charge is 2.25. The minimum absolute atomic E-state index is 0.335. The fourth-order valence-electron chi connectivity index (χ4n) is 2.82. The first-order valence-corrected chi connectivity index (χ1v) is 6.89. The Labute approximate surface area is 98.7 Å². The molecule has 2 nitrogen and oxygen atoms in total. The monoisotopic (exact) mass is 224 g/mol. The van der Waals surface area contributed by atoms with Gasteiger partial charge in [0.15, 0.2) is 0 Å². The van der Waals surface area contributed by atoms with E-state index < -0.39 is 0 Å². The van der Waals surface area contributed by atoms with Crippen LogP contribution in [0.2, 0.25) is 0 Å². The van der Waals surface area contributed by atoms with Gasteiger partial charge < -0.3 is 9.84 Å². The first-order chi connectivity index (χ1) is 7.88. The third-order valence-corrected chi connectivity index (χ3v) is 3.85. The third-order valence-electron chi connectivity index (χ3n) is 3.85. The molecule has 1 saturated carbocycles. The Hall–Kier alpha value is -0.500. The molecule has 0 spiro atoms. The summed E-state index contributed by atoms with van der Waals surface area (Å²) in [4.78, 5) is 0. The van der Waals surface area contributed by atoms with Gasteiger partial charge >= 0.3 is 0 Å². The van der Waals surface area contributed by atoms with Crippen LogP contribution in [0, 0.1) is 5.92 Å².